The first-order chi connectivity index (χ1) is 4.13. The number of aliphatic hydroxyl groups excluding tert-OH is 1. The van der Waals surface area contributed by atoms with E-state index in [1.165, 1.54) is 6.42 Å². The SMILES string of the molecule is CC(C)CCSC(C)O. The molecule has 0 aliphatic rings. The summed E-state index contributed by atoms with van der Waals surface area (Å²) in [6.07, 6.45) is 1.20. The maximum atomic E-state index is 8.83. The molecule has 0 aliphatic carbocycles. The van der Waals surface area contributed by atoms with Gasteiger partial charge in [-0.05, 0) is 25.0 Å². The van der Waals surface area contributed by atoms with Crippen molar-refractivity contribution in [3.63, 3.8) is 0 Å². The molecule has 0 rings (SSSR count). The second-order valence-electron chi connectivity index (χ2n) is 2.65. The molecule has 0 saturated heterocycles. The van der Waals surface area contributed by atoms with Crippen LogP contribution >= 0.6 is 11.8 Å². The number of hydrogen-bond acceptors (Lipinski definition) is 2. The van der Waals surface area contributed by atoms with Crippen LogP contribution < -0.4 is 0 Å². The van der Waals surface area contributed by atoms with E-state index in [0.717, 1.165) is 11.7 Å². The lowest BCUT2D eigenvalue weighted by Crippen LogP contribution is -1.96. The van der Waals surface area contributed by atoms with Gasteiger partial charge in [0, 0.05) is 0 Å². The van der Waals surface area contributed by atoms with Crippen molar-refractivity contribution in [2.75, 3.05) is 5.75 Å². The normalized spacial score (nSPS) is 14.3. The number of aliphatic hydroxyl groups is 1. The van der Waals surface area contributed by atoms with Crippen LogP contribution in [0.4, 0.5) is 0 Å². The molecule has 1 N–H and O–H groups in total. The fraction of sp³-hybridized carbons (Fsp3) is 1.00. The third kappa shape index (κ3) is 8.31. The highest BCUT2D eigenvalue weighted by molar-refractivity contribution is 7.99. The van der Waals surface area contributed by atoms with Gasteiger partial charge in [0.2, 0.25) is 0 Å². The van der Waals surface area contributed by atoms with Crippen molar-refractivity contribution >= 4 is 11.8 Å². The van der Waals surface area contributed by atoms with Crippen molar-refractivity contribution in [1.82, 2.24) is 0 Å². The Bertz CT molecular complexity index is 53.9. The van der Waals surface area contributed by atoms with Crippen LogP contribution in [-0.2, 0) is 0 Å². The summed E-state index contributed by atoms with van der Waals surface area (Å²) in [7, 11) is 0. The molecule has 0 aromatic carbocycles. The molecule has 0 bridgehead atoms. The molecule has 56 valence electrons. The van der Waals surface area contributed by atoms with Gasteiger partial charge in [0.15, 0.2) is 0 Å². The minimum Gasteiger partial charge on any atom is -0.383 e. The molecule has 1 unspecified atom stereocenters. The fourth-order valence-corrected chi connectivity index (χ4v) is 1.42. The van der Waals surface area contributed by atoms with Crippen molar-refractivity contribution in [3.8, 4) is 0 Å². The van der Waals surface area contributed by atoms with Crippen LogP contribution in [0.25, 0.3) is 0 Å². The van der Waals surface area contributed by atoms with Gasteiger partial charge in [-0.3, -0.25) is 0 Å². The maximum absolute atomic E-state index is 8.83. The molecule has 0 radical (unpaired) electrons. The Morgan fingerprint density at radius 2 is 1.89 bits per heavy atom. The van der Waals surface area contributed by atoms with Crippen molar-refractivity contribution in [2.24, 2.45) is 5.92 Å². The lowest BCUT2D eigenvalue weighted by molar-refractivity contribution is 0.284. The predicted molar refractivity (Wildman–Crippen MR) is 43.6 cm³/mol. The highest BCUT2D eigenvalue weighted by Gasteiger charge is 1.96. The summed E-state index contributed by atoms with van der Waals surface area (Å²) in [5.41, 5.74) is -0.191. The highest BCUT2D eigenvalue weighted by Crippen LogP contribution is 2.11. The summed E-state index contributed by atoms with van der Waals surface area (Å²) in [5, 5.41) is 8.83. The van der Waals surface area contributed by atoms with E-state index in [1.54, 1.807) is 11.8 Å². The third-order valence-corrected chi connectivity index (χ3v) is 2.01. The van der Waals surface area contributed by atoms with Gasteiger partial charge >= 0.3 is 0 Å². The van der Waals surface area contributed by atoms with E-state index < -0.39 is 0 Å². The predicted octanol–water partition coefficient (Wildman–Crippen LogP) is 2.10. The van der Waals surface area contributed by atoms with Crippen molar-refractivity contribution < 1.29 is 5.11 Å². The molecule has 0 aromatic heterocycles. The zero-order chi connectivity index (χ0) is 7.28. The van der Waals surface area contributed by atoms with Gasteiger partial charge in [0.1, 0.15) is 0 Å². The molecule has 0 fully saturated rings. The molecule has 0 aromatic rings. The first-order valence-electron chi connectivity index (χ1n) is 3.42. The zero-order valence-electron chi connectivity index (χ0n) is 6.42. The molecule has 0 saturated carbocycles. The molecule has 1 nitrogen and oxygen atoms in total. The van der Waals surface area contributed by atoms with Crippen LogP contribution in [-0.4, -0.2) is 16.3 Å². The summed E-state index contributed by atoms with van der Waals surface area (Å²) in [4.78, 5) is 0. The van der Waals surface area contributed by atoms with Crippen molar-refractivity contribution in [3.05, 3.63) is 0 Å². The smallest absolute Gasteiger partial charge is 0.0964 e. The summed E-state index contributed by atoms with van der Waals surface area (Å²) in [6, 6.07) is 0. The Morgan fingerprint density at radius 3 is 2.22 bits per heavy atom. The van der Waals surface area contributed by atoms with E-state index in [1.807, 2.05) is 6.92 Å². The van der Waals surface area contributed by atoms with Gasteiger partial charge in [-0.2, -0.15) is 0 Å². The van der Waals surface area contributed by atoms with Gasteiger partial charge in [0.05, 0.1) is 5.44 Å². The first-order valence-corrected chi connectivity index (χ1v) is 4.47. The standard InChI is InChI=1S/C7H16OS/c1-6(2)4-5-9-7(3)8/h6-8H,4-5H2,1-3H3. The topological polar surface area (TPSA) is 20.2 Å². The molecule has 0 aliphatic heterocycles. The van der Waals surface area contributed by atoms with Gasteiger partial charge in [-0.15, -0.1) is 11.8 Å². The molecule has 2 heteroatoms. The van der Waals surface area contributed by atoms with E-state index in [9.17, 15) is 0 Å². The Labute approximate surface area is 61.8 Å². The average molecular weight is 148 g/mol. The Hall–Kier alpha value is 0.310. The quantitative estimate of drug-likeness (QED) is 0.616. The van der Waals surface area contributed by atoms with Crippen LogP contribution in [0, 0.1) is 5.92 Å². The Balaban J connectivity index is 2.91. The van der Waals surface area contributed by atoms with E-state index in [-0.39, 0.29) is 5.44 Å². The average Bonchev–Trinajstić information content (AvgIpc) is 1.63. The minimum absolute atomic E-state index is 0.191. The molecular weight excluding hydrogens is 132 g/mol. The monoisotopic (exact) mass is 148 g/mol. The molecule has 9 heavy (non-hydrogen) atoms. The second kappa shape index (κ2) is 5.12. The van der Waals surface area contributed by atoms with Crippen molar-refractivity contribution in [1.29, 1.82) is 0 Å². The minimum atomic E-state index is -0.191. The zero-order valence-corrected chi connectivity index (χ0v) is 7.24. The summed E-state index contributed by atoms with van der Waals surface area (Å²) < 4.78 is 0. The van der Waals surface area contributed by atoms with Crippen LogP contribution in [0.1, 0.15) is 27.2 Å². The van der Waals surface area contributed by atoms with Crippen LogP contribution in [0.5, 0.6) is 0 Å². The summed E-state index contributed by atoms with van der Waals surface area (Å²) in [5.74, 6) is 1.84. The van der Waals surface area contributed by atoms with Gasteiger partial charge in [-0.1, -0.05) is 13.8 Å². The van der Waals surface area contributed by atoms with E-state index in [0.29, 0.717) is 0 Å². The Kier molecular flexibility index (Phi) is 5.30. The van der Waals surface area contributed by atoms with E-state index in [2.05, 4.69) is 13.8 Å². The van der Waals surface area contributed by atoms with E-state index >= 15 is 0 Å². The molecule has 0 spiro atoms. The highest BCUT2D eigenvalue weighted by atomic mass is 32.2. The fourth-order valence-electron chi connectivity index (χ4n) is 0.474. The molecular formula is C7H16OS. The lowest BCUT2D eigenvalue weighted by atomic mass is 10.2. The number of rotatable bonds is 4. The molecule has 0 amide bonds. The second-order valence-corrected chi connectivity index (χ2v) is 4.08. The van der Waals surface area contributed by atoms with Gasteiger partial charge < -0.3 is 5.11 Å². The first kappa shape index (κ1) is 9.31. The molecule has 1 atom stereocenters. The Morgan fingerprint density at radius 1 is 1.33 bits per heavy atom. The summed E-state index contributed by atoms with van der Waals surface area (Å²) >= 11 is 1.62. The van der Waals surface area contributed by atoms with Crippen LogP contribution in [0.15, 0.2) is 0 Å². The van der Waals surface area contributed by atoms with E-state index in [4.69, 9.17) is 5.11 Å². The maximum Gasteiger partial charge on any atom is 0.0964 e. The van der Waals surface area contributed by atoms with Gasteiger partial charge in [-0.25, -0.2) is 0 Å². The van der Waals surface area contributed by atoms with Crippen molar-refractivity contribution in [2.45, 2.75) is 32.6 Å². The molecule has 0 heterocycles. The third-order valence-electron chi connectivity index (χ3n) is 1.05. The van der Waals surface area contributed by atoms with Gasteiger partial charge in [0.25, 0.3) is 0 Å². The number of thioether (sulfide) groups is 1. The summed E-state index contributed by atoms with van der Waals surface area (Å²) in [6.45, 7) is 6.20. The van der Waals surface area contributed by atoms with Crippen LogP contribution in [0.2, 0.25) is 0 Å². The van der Waals surface area contributed by atoms with Crippen LogP contribution in [0.3, 0.4) is 0 Å². The number of hydrogen-bond donors (Lipinski definition) is 1. The largest absolute Gasteiger partial charge is 0.383 e. The lowest BCUT2D eigenvalue weighted by Gasteiger charge is -2.05.